The molecule has 1 amide bonds. The van der Waals surface area contributed by atoms with Gasteiger partial charge in [-0.25, -0.2) is 0 Å². The van der Waals surface area contributed by atoms with E-state index in [0.717, 1.165) is 18.7 Å². The number of hydrogen-bond donors (Lipinski definition) is 3. The second kappa shape index (κ2) is 10.0. The van der Waals surface area contributed by atoms with E-state index >= 15 is 0 Å². The zero-order valence-electron chi connectivity index (χ0n) is 15.8. The Balaban J connectivity index is 1.77. The molecule has 0 aliphatic carbocycles. The normalized spacial score (nSPS) is 15.6. The third-order valence-corrected chi connectivity index (χ3v) is 5.30. The van der Waals surface area contributed by atoms with Gasteiger partial charge >= 0.3 is 7.12 Å². The van der Waals surface area contributed by atoms with Crippen molar-refractivity contribution in [1.82, 2.24) is 10.2 Å². The number of carbonyl (C=O) groups is 2. The van der Waals surface area contributed by atoms with E-state index in [-0.39, 0.29) is 28.5 Å². The molecule has 29 heavy (non-hydrogen) atoms. The van der Waals surface area contributed by atoms with Gasteiger partial charge in [0, 0.05) is 35.8 Å². The highest BCUT2D eigenvalue weighted by atomic mass is 35.5. The first-order chi connectivity index (χ1) is 14.0. The molecular weight excluding hydrogens is 394 g/mol. The van der Waals surface area contributed by atoms with E-state index in [1.165, 1.54) is 18.2 Å². The quantitative estimate of drug-likeness (QED) is 0.452. The van der Waals surface area contributed by atoms with Crippen LogP contribution in [0.3, 0.4) is 0 Å². The third kappa shape index (κ3) is 5.23. The first-order valence-electron chi connectivity index (χ1n) is 9.31. The van der Waals surface area contributed by atoms with E-state index in [9.17, 15) is 19.6 Å². The number of amides is 1. The average molecular weight is 417 g/mol. The number of nitrogens with one attached hydrogen (secondary N) is 1. The number of benzene rings is 2. The van der Waals surface area contributed by atoms with Crippen LogP contribution in [0.1, 0.15) is 32.3 Å². The molecule has 0 aromatic heterocycles. The zero-order chi connectivity index (χ0) is 20.8. The average Bonchev–Trinajstić information content (AvgIpc) is 2.75. The molecule has 2 aromatic carbocycles. The molecule has 1 atom stereocenters. The fraction of sp³-hybridized carbons (Fsp3) is 0.300. The van der Waals surface area contributed by atoms with Crippen LogP contribution in [0.5, 0.6) is 0 Å². The highest BCUT2D eigenvalue weighted by Gasteiger charge is 2.25. The lowest BCUT2D eigenvalue weighted by atomic mass is 9.77. The highest BCUT2D eigenvalue weighted by Crippen LogP contribution is 2.27. The van der Waals surface area contributed by atoms with E-state index in [0.29, 0.717) is 31.1 Å². The van der Waals surface area contributed by atoms with Gasteiger partial charge < -0.3 is 20.1 Å². The second-order valence-corrected chi connectivity index (χ2v) is 7.14. The van der Waals surface area contributed by atoms with E-state index < -0.39 is 7.12 Å². The Morgan fingerprint density at radius 3 is 2.62 bits per heavy atom. The Bertz CT molecular complexity index is 874. The smallest absolute Gasteiger partial charge is 0.423 e. The monoisotopic (exact) mass is 416 g/mol. The van der Waals surface area contributed by atoms with Gasteiger partial charge in [-0.2, -0.15) is 0 Å². The molecule has 3 N–H and O–H groups in total. The number of carbonyl (C=O) groups excluding carboxylic acids is 2. The Morgan fingerprint density at radius 1 is 1.24 bits per heavy atom. The molecule has 152 valence electrons. The Hall–Kier alpha value is -2.23. The maximum Gasteiger partial charge on any atom is 0.489 e. The van der Waals surface area contributed by atoms with Crippen molar-refractivity contribution in [2.75, 3.05) is 32.8 Å². The standard InChI is InChI=1S/C20H22BClN2O5/c22-18-4-2-1-3-16(18)19(24-7-9-29-10-8-24)12-23-20(26)14-5-6-17(21(27)28)15(11-14)13-25/h1-6,11,13,19,27-28H,7-10,12H2,(H,23,26). The minimum atomic E-state index is -1.78. The van der Waals surface area contributed by atoms with E-state index in [1.807, 2.05) is 24.3 Å². The molecule has 9 heteroatoms. The van der Waals surface area contributed by atoms with Crippen LogP contribution < -0.4 is 10.8 Å². The summed E-state index contributed by atoms with van der Waals surface area (Å²) in [5, 5.41) is 22.1. The van der Waals surface area contributed by atoms with E-state index in [1.54, 1.807) is 0 Å². The molecule has 0 spiro atoms. The van der Waals surface area contributed by atoms with Gasteiger partial charge in [0.2, 0.25) is 0 Å². The SMILES string of the molecule is O=Cc1cc(C(=O)NCC(c2ccccc2Cl)N2CCOCC2)ccc1B(O)O. The number of morpholine rings is 1. The third-order valence-electron chi connectivity index (χ3n) is 4.96. The van der Waals surface area contributed by atoms with Crippen molar-refractivity contribution in [1.29, 1.82) is 0 Å². The Labute approximate surface area is 174 Å². The molecule has 7 nitrogen and oxygen atoms in total. The van der Waals surface area contributed by atoms with Crippen molar-refractivity contribution in [3.8, 4) is 0 Å². The summed E-state index contributed by atoms with van der Waals surface area (Å²) >= 11 is 6.40. The number of nitrogens with zero attached hydrogens (tertiary/aromatic N) is 1. The van der Waals surface area contributed by atoms with E-state index in [4.69, 9.17) is 16.3 Å². The van der Waals surface area contributed by atoms with Crippen LogP contribution in [0.2, 0.25) is 5.02 Å². The van der Waals surface area contributed by atoms with Crippen LogP contribution in [-0.2, 0) is 4.74 Å². The summed E-state index contributed by atoms with van der Waals surface area (Å²) in [6.45, 7) is 3.00. The highest BCUT2D eigenvalue weighted by molar-refractivity contribution is 6.60. The van der Waals surface area contributed by atoms with Gasteiger partial charge in [-0.15, -0.1) is 0 Å². The molecule has 2 aromatic rings. The van der Waals surface area contributed by atoms with Crippen LogP contribution in [-0.4, -0.2) is 67.1 Å². The zero-order valence-corrected chi connectivity index (χ0v) is 16.5. The van der Waals surface area contributed by atoms with Gasteiger partial charge in [-0.3, -0.25) is 14.5 Å². The number of aldehydes is 1. The minimum absolute atomic E-state index is 0.0545. The lowest BCUT2D eigenvalue weighted by Gasteiger charge is -2.35. The molecular formula is C20H22BClN2O5. The summed E-state index contributed by atoms with van der Waals surface area (Å²) in [7, 11) is -1.78. The van der Waals surface area contributed by atoms with Crippen molar-refractivity contribution >= 4 is 36.4 Å². The summed E-state index contributed by atoms with van der Waals surface area (Å²) in [6.07, 6.45) is 0.492. The second-order valence-electron chi connectivity index (χ2n) is 6.73. The van der Waals surface area contributed by atoms with Crippen LogP contribution in [0.25, 0.3) is 0 Å². The van der Waals surface area contributed by atoms with Gasteiger partial charge in [0.15, 0.2) is 0 Å². The van der Waals surface area contributed by atoms with E-state index in [2.05, 4.69) is 10.2 Å². The lowest BCUT2D eigenvalue weighted by molar-refractivity contribution is 0.0162. The lowest BCUT2D eigenvalue weighted by Crippen LogP contribution is -2.44. The summed E-state index contributed by atoms with van der Waals surface area (Å²) in [5.41, 5.74) is 1.29. The summed E-state index contributed by atoms with van der Waals surface area (Å²) < 4.78 is 5.43. The molecule has 1 unspecified atom stereocenters. The fourth-order valence-corrected chi connectivity index (χ4v) is 3.68. The number of hydrogen-bond acceptors (Lipinski definition) is 6. The van der Waals surface area contributed by atoms with Crippen LogP contribution in [0.15, 0.2) is 42.5 Å². The molecule has 0 saturated carbocycles. The van der Waals surface area contributed by atoms with Crippen LogP contribution in [0, 0.1) is 0 Å². The molecule has 0 bridgehead atoms. The molecule has 3 rings (SSSR count). The Morgan fingerprint density at radius 2 is 1.97 bits per heavy atom. The molecule has 1 heterocycles. The maximum atomic E-state index is 12.7. The Kier molecular flexibility index (Phi) is 7.41. The summed E-state index contributed by atoms with van der Waals surface area (Å²) in [5.74, 6) is -0.364. The minimum Gasteiger partial charge on any atom is -0.423 e. The van der Waals surface area contributed by atoms with Gasteiger partial charge in [0.05, 0.1) is 19.3 Å². The summed E-state index contributed by atoms with van der Waals surface area (Å²) in [4.78, 5) is 26.1. The predicted molar refractivity (Wildman–Crippen MR) is 111 cm³/mol. The van der Waals surface area contributed by atoms with Crippen molar-refractivity contribution in [3.05, 3.63) is 64.2 Å². The number of ether oxygens (including phenoxy) is 1. The fourth-order valence-electron chi connectivity index (χ4n) is 3.41. The van der Waals surface area contributed by atoms with Crippen molar-refractivity contribution in [2.45, 2.75) is 6.04 Å². The molecule has 1 aliphatic heterocycles. The molecule has 1 saturated heterocycles. The first-order valence-corrected chi connectivity index (χ1v) is 9.68. The van der Waals surface area contributed by atoms with Crippen LogP contribution >= 0.6 is 11.6 Å². The van der Waals surface area contributed by atoms with Crippen molar-refractivity contribution in [2.24, 2.45) is 0 Å². The molecule has 0 radical (unpaired) electrons. The predicted octanol–water partition coefficient (Wildman–Crippen LogP) is 0.636. The molecule has 1 aliphatic rings. The van der Waals surface area contributed by atoms with Crippen LogP contribution in [0.4, 0.5) is 0 Å². The largest absolute Gasteiger partial charge is 0.489 e. The van der Waals surface area contributed by atoms with Gasteiger partial charge in [-0.1, -0.05) is 35.9 Å². The number of halogens is 1. The summed E-state index contributed by atoms with van der Waals surface area (Å²) in [6, 6.07) is 11.6. The van der Waals surface area contributed by atoms with Gasteiger partial charge in [0.1, 0.15) is 6.29 Å². The van der Waals surface area contributed by atoms with Crippen molar-refractivity contribution < 1.29 is 24.4 Å². The first kappa shape index (κ1) is 21.5. The maximum absolute atomic E-state index is 12.7. The number of rotatable bonds is 7. The molecule has 1 fully saturated rings. The van der Waals surface area contributed by atoms with Gasteiger partial charge in [-0.05, 0) is 29.2 Å². The van der Waals surface area contributed by atoms with Gasteiger partial charge in [0.25, 0.3) is 5.91 Å². The topological polar surface area (TPSA) is 99.1 Å². The van der Waals surface area contributed by atoms with Crippen molar-refractivity contribution in [3.63, 3.8) is 0 Å².